The Morgan fingerprint density at radius 2 is 2.04 bits per heavy atom. The van der Waals surface area contributed by atoms with Crippen LogP contribution < -0.4 is 4.74 Å². The minimum Gasteiger partial charge on any atom is -0.497 e. The maximum Gasteiger partial charge on any atom is 0.260 e. The summed E-state index contributed by atoms with van der Waals surface area (Å²) in [6, 6.07) is 15.7. The molecule has 0 unspecified atom stereocenters. The molecule has 4 nitrogen and oxygen atoms in total. The third-order valence-electron chi connectivity index (χ3n) is 3.85. The Hall–Kier alpha value is -2.27. The average molecular weight is 340 g/mol. The number of rotatable bonds is 4. The van der Waals surface area contributed by atoms with Gasteiger partial charge in [-0.15, -0.1) is 0 Å². The Morgan fingerprint density at radius 3 is 2.79 bits per heavy atom. The van der Waals surface area contributed by atoms with Crippen LogP contribution in [0.15, 0.2) is 53.5 Å². The Kier molecular flexibility index (Phi) is 5.20. The van der Waals surface area contributed by atoms with E-state index in [1.165, 1.54) is 11.1 Å². The zero-order valence-corrected chi connectivity index (χ0v) is 14.7. The molecule has 0 saturated heterocycles. The van der Waals surface area contributed by atoms with Crippen LogP contribution in [0.1, 0.15) is 21.5 Å². The lowest BCUT2D eigenvalue weighted by Gasteiger charge is -2.18. The van der Waals surface area contributed by atoms with Gasteiger partial charge in [-0.2, -0.15) is 0 Å². The van der Waals surface area contributed by atoms with Crippen molar-refractivity contribution in [2.45, 2.75) is 12.7 Å². The Bertz CT molecular complexity index is 756. The Balaban J connectivity index is 1.68. The number of carbonyl (C=O) groups excluding carboxylic acids is 1. The number of amides is 1. The summed E-state index contributed by atoms with van der Waals surface area (Å²) in [5.74, 6) is 1.47. The van der Waals surface area contributed by atoms with E-state index in [9.17, 15) is 4.79 Å². The Labute approximate surface area is 146 Å². The van der Waals surface area contributed by atoms with E-state index in [0.717, 1.165) is 10.9 Å². The highest BCUT2D eigenvalue weighted by Crippen LogP contribution is 2.22. The van der Waals surface area contributed by atoms with Gasteiger partial charge in [0, 0.05) is 17.9 Å². The zero-order valence-electron chi connectivity index (χ0n) is 13.9. The summed E-state index contributed by atoms with van der Waals surface area (Å²) in [6.45, 7) is 3.37. The molecule has 0 aliphatic carbocycles. The second-order valence-electron chi connectivity index (χ2n) is 5.63. The van der Waals surface area contributed by atoms with E-state index in [4.69, 9.17) is 4.74 Å². The lowest BCUT2D eigenvalue weighted by Crippen LogP contribution is -2.32. The molecule has 0 atom stereocenters. The van der Waals surface area contributed by atoms with Gasteiger partial charge < -0.3 is 4.74 Å². The quantitative estimate of drug-likeness (QED) is 0.851. The smallest absolute Gasteiger partial charge is 0.260 e. The molecule has 24 heavy (non-hydrogen) atoms. The average Bonchev–Trinajstić information content (AvgIpc) is 3.09. The molecule has 1 aliphatic rings. The topological polar surface area (TPSA) is 41.9 Å². The van der Waals surface area contributed by atoms with E-state index < -0.39 is 0 Å². The summed E-state index contributed by atoms with van der Waals surface area (Å²) in [5.41, 5.74) is 3.10. The molecule has 2 aromatic carbocycles. The third-order valence-corrected chi connectivity index (χ3v) is 4.94. The fraction of sp³-hybridized carbons (Fsp3) is 0.263. The molecule has 0 N–H and O–H groups in total. The molecule has 3 rings (SSSR count). The number of amidine groups is 1. The normalized spacial score (nSPS) is 13.8. The molecule has 2 aromatic rings. The third kappa shape index (κ3) is 3.79. The van der Waals surface area contributed by atoms with Crippen LogP contribution in [0.5, 0.6) is 5.75 Å². The van der Waals surface area contributed by atoms with Crippen LogP contribution >= 0.6 is 11.8 Å². The van der Waals surface area contributed by atoms with Crippen LogP contribution in [-0.2, 0) is 5.75 Å². The maximum atomic E-state index is 12.8. The highest BCUT2D eigenvalue weighted by molar-refractivity contribution is 8.13. The van der Waals surface area contributed by atoms with E-state index in [1.807, 2.05) is 18.2 Å². The van der Waals surface area contributed by atoms with Gasteiger partial charge >= 0.3 is 0 Å². The summed E-state index contributed by atoms with van der Waals surface area (Å²) in [4.78, 5) is 19.0. The standard InChI is InChI=1S/C19H20N2O2S/c1-14-6-8-15(9-7-14)13-24-19-20-10-11-21(19)18(22)16-4-3-5-17(12-16)23-2/h3-9,12H,10-11,13H2,1-2H3. The molecule has 1 amide bonds. The zero-order chi connectivity index (χ0) is 16.9. The van der Waals surface area contributed by atoms with Gasteiger partial charge in [0.25, 0.3) is 5.91 Å². The van der Waals surface area contributed by atoms with Crippen LogP contribution in [0, 0.1) is 6.92 Å². The van der Waals surface area contributed by atoms with Gasteiger partial charge in [0.2, 0.25) is 0 Å². The number of carbonyl (C=O) groups is 1. The van der Waals surface area contributed by atoms with Crippen LogP contribution in [0.4, 0.5) is 0 Å². The highest BCUT2D eigenvalue weighted by Gasteiger charge is 2.25. The Morgan fingerprint density at radius 1 is 1.25 bits per heavy atom. The summed E-state index contributed by atoms with van der Waals surface area (Å²) in [7, 11) is 1.60. The van der Waals surface area contributed by atoms with E-state index in [2.05, 4.69) is 36.2 Å². The molecular weight excluding hydrogens is 320 g/mol. The fourth-order valence-electron chi connectivity index (χ4n) is 2.48. The van der Waals surface area contributed by atoms with Crippen LogP contribution in [0.2, 0.25) is 0 Å². The van der Waals surface area contributed by atoms with Crippen molar-refractivity contribution in [3.63, 3.8) is 0 Å². The number of nitrogens with zero attached hydrogens (tertiary/aromatic N) is 2. The van der Waals surface area contributed by atoms with Crippen molar-refractivity contribution in [1.82, 2.24) is 4.90 Å². The van der Waals surface area contributed by atoms with Gasteiger partial charge in [-0.3, -0.25) is 14.7 Å². The van der Waals surface area contributed by atoms with Gasteiger partial charge in [0.05, 0.1) is 13.7 Å². The molecule has 0 aromatic heterocycles. The van der Waals surface area contributed by atoms with Crippen LogP contribution in [0.3, 0.4) is 0 Å². The lowest BCUT2D eigenvalue weighted by molar-refractivity contribution is 0.0860. The number of methoxy groups -OCH3 is 1. The molecule has 5 heteroatoms. The van der Waals surface area contributed by atoms with Crippen molar-refractivity contribution >= 4 is 22.8 Å². The summed E-state index contributed by atoms with van der Waals surface area (Å²) >= 11 is 1.61. The number of aryl methyl sites for hydroxylation is 1. The second-order valence-corrected chi connectivity index (χ2v) is 6.57. The van der Waals surface area contributed by atoms with E-state index in [-0.39, 0.29) is 5.91 Å². The van der Waals surface area contributed by atoms with Crippen molar-refractivity contribution in [2.24, 2.45) is 4.99 Å². The van der Waals surface area contributed by atoms with Gasteiger partial charge in [0.15, 0.2) is 5.17 Å². The van der Waals surface area contributed by atoms with Gasteiger partial charge in [-0.05, 0) is 30.7 Å². The summed E-state index contributed by atoms with van der Waals surface area (Å²) in [6.07, 6.45) is 0. The molecule has 0 radical (unpaired) electrons. The van der Waals surface area contributed by atoms with Gasteiger partial charge in [-0.25, -0.2) is 0 Å². The van der Waals surface area contributed by atoms with E-state index in [0.29, 0.717) is 24.4 Å². The van der Waals surface area contributed by atoms with Crippen molar-refractivity contribution < 1.29 is 9.53 Å². The van der Waals surface area contributed by atoms with Crippen molar-refractivity contribution in [3.8, 4) is 5.75 Å². The first-order valence-corrected chi connectivity index (χ1v) is 8.84. The number of benzene rings is 2. The van der Waals surface area contributed by atoms with Crippen molar-refractivity contribution in [3.05, 3.63) is 65.2 Å². The predicted molar refractivity (Wildman–Crippen MR) is 98.8 cm³/mol. The molecule has 124 valence electrons. The number of hydrogen-bond donors (Lipinski definition) is 0. The maximum absolute atomic E-state index is 12.8. The van der Waals surface area contributed by atoms with Gasteiger partial charge in [0.1, 0.15) is 5.75 Å². The predicted octanol–water partition coefficient (Wildman–Crippen LogP) is 3.75. The lowest BCUT2D eigenvalue weighted by atomic mass is 10.2. The van der Waals surface area contributed by atoms with Crippen molar-refractivity contribution in [1.29, 1.82) is 0 Å². The van der Waals surface area contributed by atoms with E-state index >= 15 is 0 Å². The summed E-state index contributed by atoms with van der Waals surface area (Å²) in [5, 5.41) is 0.795. The van der Waals surface area contributed by atoms with Gasteiger partial charge in [-0.1, -0.05) is 47.7 Å². The molecule has 0 bridgehead atoms. The highest BCUT2D eigenvalue weighted by atomic mass is 32.2. The molecular formula is C19H20N2O2S. The number of hydrogen-bond acceptors (Lipinski definition) is 4. The summed E-state index contributed by atoms with van der Waals surface area (Å²) < 4.78 is 5.20. The molecule has 1 heterocycles. The molecule has 0 spiro atoms. The SMILES string of the molecule is COc1cccc(C(=O)N2CCN=C2SCc2ccc(C)cc2)c1. The number of aliphatic imine (C=N–C) groups is 1. The van der Waals surface area contributed by atoms with Crippen LogP contribution in [-0.4, -0.2) is 36.2 Å². The minimum atomic E-state index is -0.0263. The fourth-order valence-corrected chi connectivity index (χ4v) is 3.48. The monoisotopic (exact) mass is 340 g/mol. The number of thioether (sulfide) groups is 1. The molecule has 1 aliphatic heterocycles. The van der Waals surface area contributed by atoms with Crippen molar-refractivity contribution in [2.75, 3.05) is 20.2 Å². The van der Waals surface area contributed by atoms with E-state index in [1.54, 1.807) is 29.8 Å². The first-order valence-electron chi connectivity index (χ1n) is 7.86. The minimum absolute atomic E-state index is 0.0263. The number of ether oxygens (including phenoxy) is 1. The first kappa shape index (κ1) is 16.6. The largest absolute Gasteiger partial charge is 0.497 e. The molecule has 0 saturated carbocycles. The second kappa shape index (κ2) is 7.53. The molecule has 0 fully saturated rings. The van der Waals surface area contributed by atoms with Crippen LogP contribution in [0.25, 0.3) is 0 Å². The first-order chi connectivity index (χ1) is 11.7.